The van der Waals surface area contributed by atoms with Crippen LogP contribution in [-0.2, 0) is 11.3 Å². The number of aromatic nitrogens is 2. The van der Waals surface area contributed by atoms with Crippen molar-refractivity contribution in [2.45, 2.75) is 20.4 Å². The summed E-state index contributed by atoms with van der Waals surface area (Å²) in [6, 6.07) is 16.6. The van der Waals surface area contributed by atoms with Crippen LogP contribution in [0.3, 0.4) is 0 Å². The number of carbonyl (C=O) groups is 1. The minimum absolute atomic E-state index is 0.269. The SMILES string of the molecule is CCOC(=O)c1cc(C)n(Cc2cc(Cl)cc3cc(-c4ccc(C#N)cc4)oc23)n1. The molecule has 30 heavy (non-hydrogen) atoms. The van der Waals surface area contributed by atoms with Gasteiger partial charge >= 0.3 is 5.97 Å². The van der Waals surface area contributed by atoms with Gasteiger partial charge < -0.3 is 9.15 Å². The molecule has 2 heterocycles. The first-order valence-corrected chi connectivity index (χ1v) is 9.80. The normalized spacial score (nSPS) is 10.9. The van der Waals surface area contributed by atoms with Crippen molar-refractivity contribution in [2.75, 3.05) is 6.61 Å². The molecule has 7 heteroatoms. The molecule has 0 fully saturated rings. The average Bonchev–Trinajstić information content (AvgIpc) is 3.32. The third-order valence-electron chi connectivity index (χ3n) is 4.74. The highest BCUT2D eigenvalue weighted by molar-refractivity contribution is 6.31. The second-order valence-corrected chi connectivity index (χ2v) is 7.27. The number of hydrogen-bond donors (Lipinski definition) is 0. The minimum Gasteiger partial charge on any atom is -0.461 e. The summed E-state index contributed by atoms with van der Waals surface area (Å²) in [7, 11) is 0. The van der Waals surface area contributed by atoms with Crippen molar-refractivity contribution >= 4 is 28.5 Å². The number of aryl methyl sites for hydroxylation is 1. The van der Waals surface area contributed by atoms with Crippen LogP contribution in [0.1, 0.15) is 34.2 Å². The second kappa shape index (κ2) is 8.05. The predicted molar refractivity (Wildman–Crippen MR) is 113 cm³/mol. The molecular formula is C23H18ClN3O3. The van der Waals surface area contributed by atoms with E-state index in [9.17, 15) is 4.79 Å². The maximum Gasteiger partial charge on any atom is 0.358 e. The molecule has 2 aromatic heterocycles. The average molecular weight is 420 g/mol. The van der Waals surface area contributed by atoms with E-state index in [1.54, 1.807) is 29.8 Å². The Morgan fingerprint density at radius 3 is 2.70 bits per heavy atom. The maximum atomic E-state index is 12.0. The standard InChI is InChI=1S/C23H18ClN3O3/c1-3-29-23(28)20-8-14(2)27(26-20)13-18-10-19(24)9-17-11-21(30-22(17)18)16-6-4-15(12-25)5-7-16/h4-11H,3,13H2,1-2H3. The summed E-state index contributed by atoms with van der Waals surface area (Å²) < 4.78 is 12.9. The van der Waals surface area contributed by atoms with Gasteiger partial charge in [-0.05, 0) is 62.4 Å². The molecule has 0 saturated carbocycles. The Hall–Kier alpha value is -3.56. The van der Waals surface area contributed by atoms with Gasteiger partial charge in [0.1, 0.15) is 11.3 Å². The van der Waals surface area contributed by atoms with E-state index in [1.165, 1.54) is 0 Å². The molecule has 0 N–H and O–H groups in total. The van der Waals surface area contributed by atoms with Crippen LogP contribution in [0.25, 0.3) is 22.3 Å². The minimum atomic E-state index is -0.448. The van der Waals surface area contributed by atoms with Crippen molar-refractivity contribution < 1.29 is 13.9 Å². The third kappa shape index (κ3) is 3.80. The zero-order valence-electron chi connectivity index (χ0n) is 16.5. The van der Waals surface area contributed by atoms with E-state index >= 15 is 0 Å². The Kier molecular flexibility index (Phi) is 5.30. The molecule has 6 nitrogen and oxygen atoms in total. The molecule has 0 unspecified atom stereocenters. The molecule has 2 aromatic carbocycles. The number of ether oxygens (including phenoxy) is 1. The highest BCUT2D eigenvalue weighted by Crippen LogP contribution is 2.33. The summed E-state index contributed by atoms with van der Waals surface area (Å²) in [5.74, 6) is 0.235. The summed E-state index contributed by atoms with van der Waals surface area (Å²) in [6.07, 6.45) is 0. The van der Waals surface area contributed by atoms with Crippen molar-refractivity contribution in [3.63, 3.8) is 0 Å². The molecule has 0 bridgehead atoms. The Balaban J connectivity index is 1.72. The molecule has 0 aliphatic heterocycles. The number of fused-ring (bicyclic) bond motifs is 1. The summed E-state index contributed by atoms with van der Waals surface area (Å²) >= 11 is 6.34. The molecule has 0 spiro atoms. The molecule has 150 valence electrons. The van der Waals surface area contributed by atoms with Crippen LogP contribution < -0.4 is 0 Å². The van der Waals surface area contributed by atoms with Gasteiger partial charge in [-0.15, -0.1) is 0 Å². The number of nitrogens with zero attached hydrogens (tertiary/aromatic N) is 3. The van der Waals surface area contributed by atoms with Gasteiger partial charge in [-0.3, -0.25) is 4.68 Å². The van der Waals surface area contributed by atoms with Crippen LogP contribution in [0.15, 0.2) is 52.9 Å². The Morgan fingerprint density at radius 2 is 2.00 bits per heavy atom. The van der Waals surface area contributed by atoms with E-state index < -0.39 is 5.97 Å². The lowest BCUT2D eigenvalue weighted by Crippen LogP contribution is -2.08. The lowest BCUT2D eigenvalue weighted by atomic mass is 10.1. The third-order valence-corrected chi connectivity index (χ3v) is 4.96. The van der Waals surface area contributed by atoms with E-state index in [2.05, 4.69) is 11.2 Å². The van der Waals surface area contributed by atoms with Crippen LogP contribution >= 0.6 is 11.6 Å². The van der Waals surface area contributed by atoms with Gasteiger partial charge in [0.05, 0.1) is 24.8 Å². The van der Waals surface area contributed by atoms with E-state index in [0.29, 0.717) is 35.1 Å². The molecular weight excluding hydrogens is 402 g/mol. The summed E-state index contributed by atoms with van der Waals surface area (Å²) in [5, 5.41) is 14.8. The largest absolute Gasteiger partial charge is 0.461 e. The lowest BCUT2D eigenvalue weighted by Gasteiger charge is -2.06. The van der Waals surface area contributed by atoms with Crippen molar-refractivity contribution in [3.05, 3.63) is 76.1 Å². The fourth-order valence-corrected chi connectivity index (χ4v) is 3.54. The van der Waals surface area contributed by atoms with Gasteiger partial charge in [0.2, 0.25) is 0 Å². The molecule has 0 amide bonds. The van der Waals surface area contributed by atoms with Gasteiger partial charge in [-0.2, -0.15) is 10.4 Å². The Morgan fingerprint density at radius 1 is 1.23 bits per heavy atom. The van der Waals surface area contributed by atoms with Crippen molar-refractivity contribution in [1.29, 1.82) is 5.26 Å². The van der Waals surface area contributed by atoms with Gasteiger partial charge in [-0.25, -0.2) is 4.79 Å². The first kappa shape index (κ1) is 19.7. The number of rotatable bonds is 5. The molecule has 0 saturated heterocycles. The van der Waals surface area contributed by atoms with Crippen LogP contribution in [0.4, 0.5) is 0 Å². The first-order chi connectivity index (χ1) is 14.5. The molecule has 0 atom stereocenters. The van der Waals surface area contributed by atoms with E-state index in [4.69, 9.17) is 26.0 Å². The number of hydrogen-bond acceptors (Lipinski definition) is 5. The van der Waals surface area contributed by atoms with Crippen molar-refractivity contribution in [1.82, 2.24) is 9.78 Å². The number of nitriles is 1. The highest BCUT2D eigenvalue weighted by atomic mass is 35.5. The molecule has 0 aliphatic carbocycles. The predicted octanol–water partition coefficient (Wildman–Crippen LogP) is 5.35. The fraction of sp³-hybridized carbons (Fsp3) is 0.174. The number of furan rings is 1. The molecule has 0 radical (unpaired) electrons. The van der Waals surface area contributed by atoms with Gasteiger partial charge in [0, 0.05) is 27.2 Å². The number of halogens is 1. The number of esters is 1. The fourth-order valence-electron chi connectivity index (χ4n) is 3.29. The van der Waals surface area contributed by atoms with Crippen molar-refractivity contribution in [2.24, 2.45) is 0 Å². The van der Waals surface area contributed by atoms with Gasteiger partial charge in [0.25, 0.3) is 0 Å². The quantitative estimate of drug-likeness (QED) is 0.407. The topological polar surface area (TPSA) is 81.0 Å². The maximum absolute atomic E-state index is 12.0. The lowest BCUT2D eigenvalue weighted by molar-refractivity contribution is 0.0518. The van der Waals surface area contributed by atoms with E-state index in [-0.39, 0.29) is 5.69 Å². The molecule has 4 aromatic rings. The zero-order valence-corrected chi connectivity index (χ0v) is 17.2. The van der Waals surface area contributed by atoms with Crippen molar-refractivity contribution in [3.8, 4) is 17.4 Å². The monoisotopic (exact) mass is 419 g/mol. The summed E-state index contributed by atoms with van der Waals surface area (Å²) in [4.78, 5) is 12.0. The van der Waals surface area contributed by atoms with Crippen LogP contribution in [0, 0.1) is 18.3 Å². The zero-order chi connectivity index (χ0) is 21.3. The van der Waals surface area contributed by atoms with Gasteiger partial charge in [0.15, 0.2) is 5.69 Å². The molecule has 0 aliphatic rings. The van der Waals surface area contributed by atoms with Crippen LogP contribution in [-0.4, -0.2) is 22.4 Å². The van der Waals surface area contributed by atoms with Gasteiger partial charge in [-0.1, -0.05) is 11.6 Å². The smallest absolute Gasteiger partial charge is 0.358 e. The van der Waals surface area contributed by atoms with E-state index in [0.717, 1.165) is 22.2 Å². The number of carbonyl (C=O) groups excluding carboxylic acids is 1. The summed E-state index contributed by atoms with van der Waals surface area (Å²) in [5.41, 5.74) is 4.10. The summed E-state index contributed by atoms with van der Waals surface area (Å²) in [6.45, 7) is 4.32. The van der Waals surface area contributed by atoms with E-state index in [1.807, 2.05) is 37.3 Å². The molecule has 4 rings (SSSR count). The van der Waals surface area contributed by atoms with Crippen LogP contribution in [0.2, 0.25) is 5.02 Å². The number of benzene rings is 2. The highest BCUT2D eigenvalue weighted by Gasteiger charge is 2.16. The second-order valence-electron chi connectivity index (χ2n) is 6.83. The Labute approximate surface area is 178 Å². The first-order valence-electron chi connectivity index (χ1n) is 9.42. The Bertz CT molecular complexity index is 1280. The van der Waals surface area contributed by atoms with Crippen LogP contribution in [0.5, 0.6) is 0 Å².